The lowest BCUT2D eigenvalue weighted by Gasteiger charge is -2.03. The number of hydrogen-bond donors (Lipinski definition) is 2. The van der Waals surface area contributed by atoms with Crippen LogP contribution in [0.2, 0.25) is 0 Å². The van der Waals surface area contributed by atoms with Gasteiger partial charge in [-0.05, 0) is 6.42 Å². The Morgan fingerprint density at radius 3 is 1.67 bits per heavy atom. The minimum absolute atomic E-state index is 0.152. The Bertz CT molecular complexity index is 270. The first-order valence-electron chi connectivity index (χ1n) is 4.48. The van der Waals surface area contributed by atoms with E-state index in [1.807, 2.05) is 0 Å². The van der Waals surface area contributed by atoms with Crippen LogP contribution in [0.25, 0.3) is 0 Å². The number of rotatable bonds is 6. The molecule has 0 aliphatic heterocycles. The zero-order valence-corrected chi connectivity index (χ0v) is 8.25. The van der Waals surface area contributed by atoms with Crippen molar-refractivity contribution in [2.45, 2.75) is 19.3 Å². The van der Waals surface area contributed by atoms with Crippen LogP contribution < -0.4 is 10.6 Å². The lowest BCUT2D eigenvalue weighted by molar-refractivity contribution is -0.120. The minimum Gasteiger partial charge on any atom is -0.355 e. The van der Waals surface area contributed by atoms with E-state index in [1.165, 1.54) is 0 Å². The van der Waals surface area contributed by atoms with Gasteiger partial charge in [0.25, 0.3) is 0 Å². The summed E-state index contributed by atoms with van der Waals surface area (Å²) in [6.45, 7) is 0.820. The Balaban J connectivity index is 3.33. The molecule has 0 fully saturated rings. The average Bonchev–Trinajstić information content (AvgIpc) is 2.18. The van der Waals surface area contributed by atoms with Crippen LogP contribution in [0.4, 0.5) is 0 Å². The molecule has 0 spiro atoms. The molecule has 15 heavy (non-hydrogen) atoms. The van der Waals surface area contributed by atoms with Crippen molar-refractivity contribution in [2.24, 2.45) is 0 Å². The molecule has 0 aromatic heterocycles. The van der Waals surface area contributed by atoms with Crippen LogP contribution in [0, 0.1) is 22.7 Å². The van der Waals surface area contributed by atoms with Gasteiger partial charge in [0.2, 0.25) is 11.8 Å². The molecule has 0 heterocycles. The smallest absolute Gasteiger partial charge is 0.234 e. The predicted octanol–water partition coefficient (Wildman–Crippen LogP) is -0.564. The van der Waals surface area contributed by atoms with Gasteiger partial charge in [-0.15, -0.1) is 0 Å². The molecular weight excluding hydrogens is 196 g/mol. The van der Waals surface area contributed by atoms with Gasteiger partial charge in [-0.2, -0.15) is 10.5 Å². The van der Waals surface area contributed by atoms with Gasteiger partial charge < -0.3 is 10.6 Å². The third-order valence-corrected chi connectivity index (χ3v) is 1.48. The van der Waals surface area contributed by atoms with Gasteiger partial charge in [-0.3, -0.25) is 9.59 Å². The Hall–Kier alpha value is -2.08. The Labute approximate surface area is 87.9 Å². The maximum absolute atomic E-state index is 10.8. The number of nitriles is 2. The highest BCUT2D eigenvalue weighted by Gasteiger charge is 2.00. The van der Waals surface area contributed by atoms with Crippen LogP contribution >= 0.6 is 0 Å². The first-order valence-corrected chi connectivity index (χ1v) is 4.48. The first-order chi connectivity index (χ1) is 7.20. The van der Waals surface area contributed by atoms with Crippen LogP contribution in [-0.2, 0) is 9.59 Å². The molecule has 6 nitrogen and oxygen atoms in total. The minimum atomic E-state index is -0.319. The van der Waals surface area contributed by atoms with Crippen LogP contribution in [0.15, 0.2) is 0 Å². The topological polar surface area (TPSA) is 106 Å². The molecule has 2 N–H and O–H groups in total. The fraction of sp³-hybridized carbons (Fsp3) is 0.556. The number of carbonyl (C=O) groups is 2. The third kappa shape index (κ3) is 8.26. The van der Waals surface area contributed by atoms with E-state index in [-0.39, 0.29) is 24.7 Å². The lowest BCUT2D eigenvalue weighted by Crippen LogP contribution is -2.29. The standard InChI is InChI=1S/C9H12N4O2/c10-4-2-8(14)12-6-1-7-13-9(15)3-5-11/h1-3,6-7H2,(H,12,14)(H,13,15). The van der Waals surface area contributed by atoms with Crippen molar-refractivity contribution in [1.82, 2.24) is 10.6 Å². The molecule has 0 rings (SSSR count). The molecule has 0 aromatic carbocycles. The molecule has 0 aliphatic carbocycles. The van der Waals surface area contributed by atoms with Gasteiger partial charge in [0.1, 0.15) is 12.8 Å². The van der Waals surface area contributed by atoms with Gasteiger partial charge in [-0.1, -0.05) is 0 Å². The summed E-state index contributed by atoms with van der Waals surface area (Å²) in [7, 11) is 0. The van der Waals surface area contributed by atoms with Crippen molar-refractivity contribution in [3.63, 3.8) is 0 Å². The van der Waals surface area contributed by atoms with Crippen LogP contribution in [-0.4, -0.2) is 24.9 Å². The number of amides is 2. The van der Waals surface area contributed by atoms with Crippen LogP contribution in [0.3, 0.4) is 0 Å². The molecule has 0 saturated carbocycles. The zero-order valence-electron chi connectivity index (χ0n) is 8.25. The summed E-state index contributed by atoms with van der Waals surface area (Å²) in [5.74, 6) is -0.637. The van der Waals surface area contributed by atoms with E-state index in [1.54, 1.807) is 12.1 Å². The number of nitrogens with one attached hydrogen (secondary N) is 2. The highest BCUT2D eigenvalue weighted by atomic mass is 16.2. The fourth-order valence-corrected chi connectivity index (χ4v) is 0.813. The second-order valence-corrected chi connectivity index (χ2v) is 2.72. The summed E-state index contributed by atoms with van der Waals surface area (Å²) < 4.78 is 0. The third-order valence-electron chi connectivity index (χ3n) is 1.48. The summed E-state index contributed by atoms with van der Waals surface area (Å²) in [4.78, 5) is 21.6. The van der Waals surface area contributed by atoms with E-state index < -0.39 is 0 Å². The molecule has 0 atom stereocenters. The van der Waals surface area contributed by atoms with Gasteiger partial charge >= 0.3 is 0 Å². The maximum atomic E-state index is 10.8. The predicted molar refractivity (Wildman–Crippen MR) is 51.1 cm³/mol. The molecule has 0 saturated heterocycles. The average molecular weight is 208 g/mol. The normalized spacial score (nSPS) is 8.40. The molecule has 0 aromatic rings. The Kier molecular flexibility index (Phi) is 7.33. The molecular formula is C9H12N4O2. The summed E-state index contributed by atoms with van der Waals surface area (Å²) in [5, 5.41) is 21.4. The molecule has 6 heteroatoms. The molecule has 0 unspecified atom stereocenters. The number of nitrogens with zero attached hydrogens (tertiary/aromatic N) is 2. The second kappa shape index (κ2) is 8.52. The van der Waals surface area contributed by atoms with E-state index in [4.69, 9.17) is 10.5 Å². The van der Waals surface area contributed by atoms with Crippen molar-refractivity contribution in [3.8, 4) is 12.1 Å². The summed E-state index contributed by atoms with van der Waals surface area (Å²) >= 11 is 0. The van der Waals surface area contributed by atoms with E-state index in [9.17, 15) is 9.59 Å². The van der Waals surface area contributed by atoms with E-state index in [0.29, 0.717) is 19.5 Å². The van der Waals surface area contributed by atoms with Gasteiger partial charge in [0, 0.05) is 13.1 Å². The highest BCUT2D eigenvalue weighted by Crippen LogP contribution is 1.80. The largest absolute Gasteiger partial charge is 0.355 e. The number of carbonyl (C=O) groups excluding carboxylic acids is 2. The van der Waals surface area contributed by atoms with Gasteiger partial charge in [0.15, 0.2) is 0 Å². The molecule has 0 bridgehead atoms. The second-order valence-electron chi connectivity index (χ2n) is 2.72. The first kappa shape index (κ1) is 12.9. The van der Waals surface area contributed by atoms with E-state index in [0.717, 1.165) is 0 Å². The fourth-order valence-electron chi connectivity index (χ4n) is 0.813. The molecule has 80 valence electrons. The van der Waals surface area contributed by atoms with E-state index in [2.05, 4.69) is 10.6 Å². The maximum Gasteiger partial charge on any atom is 0.234 e. The van der Waals surface area contributed by atoms with E-state index >= 15 is 0 Å². The van der Waals surface area contributed by atoms with Crippen LogP contribution in [0.5, 0.6) is 0 Å². The SMILES string of the molecule is N#CCC(=O)NCCCNC(=O)CC#N. The highest BCUT2D eigenvalue weighted by molar-refractivity contribution is 5.78. The monoisotopic (exact) mass is 208 g/mol. The molecule has 2 amide bonds. The quantitative estimate of drug-likeness (QED) is 0.570. The van der Waals surface area contributed by atoms with Crippen molar-refractivity contribution in [2.75, 3.05) is 13.1 Å². The summed E-state index contributed by atoms with van der Waals surface area (Å²) in [6.07, 6.45) is 0.274. The lowest BCUT2D eigenvalue weighted by atomic mass is 10.3. The number of hydrogen-bond acceptors (Lipinski definition) is 4. The zero-order chi connectivity index (χ0) is 11.5. The van der Waals surface area contributed by atoms with Crippen molar-refractivity contribution in [1.29, 1.82) is 10.5 Å². The van der Waals surface area contributed by atoms with Crippen molar-refractivity contribution >= 4 is 11.8 Å². The molecule has 0 radical (unpaired) electrons. The van der Waals surface area contributed by atoms with Crippen molar-refractivity contribution in [3.05, 3.63) is 0 Å². The Morgan fingerprint density at radius 2 is 1.33 bits per heavy atom. The summed E-state index contributed by atoms with van der Waals surface area (Å²) in [6, 6.07) is 3.45. The summed E-state index contributed by atoms with van der Waals surface area (Å²) in [5.41, 5.74) is 0. The van der Waals surface area contributed by atoms with Crippen molar-refractivity contribution < 1.29 is 9.59 Å². The Morgan fingerprint density at radius 1 is 0.933 bits per heavy atom. The van der Waals surface area contributed by atoms with Gasteiger partial charge in [-0.25, -0.2) is 0 Å². The van der Waals surface area contributed by atoms with Gasteiger partial charge in [0.05, 0.1) is 12.1 Å². The van der Waals surface area contributed by atoms with Crippen LogP contribution in [0.1, 0.15) is 19.3 Å². The molecule has 0 aliphatic rings.